The van der Waals surface area contributed by atoms with Crippen LogP contribution >= 0.6 is 0 Å². The topological polar surface area (TPSA) is 0 Å². The van der Waals surface area contributed by atoms with Gasteiger partial charge in [-0.2, -0.15) is 0 Å². The standard InChI is InChI=1S/C10H10/c1-2-9-7-8-3-5-10(9)6-4-8/h2-6,9H,1,7H2. The van der Waals surface area contributed by atoms with E-state index >= 15 is 0 Å². The Morgan fingerprint density at radius 1 is 1.30 bits per heavy atom. The number of allylic oxidation sites excluding steroid dienone is 1. The molecule has 0 heterocycles. The Morgan fingerprint density at radius 3 is 2.30 bits per heavy atom. The van der Waals surface area contributed by atoms with E-state index in [4.69, 9.17) is 0 Å². The molecule has 0 N–H and O–H groups in total. The van der Waals surface area contributed by atoms with Crippen LogP contribution in [0.4, 0.5) is 0 Å². The van der Waals surface area contributed by atoms with Gasteiger partial charge in [0.15, 0.2) is 0 Å². The van der Waals surface area contributed by atoms with E-state index in [0.29, 0.717) is 5.92 Å². The third-order valence-corrected chi connectivity index (χ3v) is 2.15. The lowest BCUT2D eigenvalue weighted by molar-refractivity contribution is 0.809. The highest BCUT2D eigenvalue weighted by molar-refractivity contribution is 5.35. The predicted molar refractivity (Wildman–Crippen MR) is 43.1 cm³/mol. The van der Waals surface area contributed by atoms with Crippen LogP contribution < -0.4 is 0 Å². The number of hydrogen-bond donors (Lipinski definition) is 0. The largest absolute Gasteiger partial charge is 0.102 e. The van der Waals surface area contributed by atoms with Crippen molar-refractivity contribution in [2.45, 2.75) is 12.3 Å². The Balaban J connectivity index is 2.50. The Morgan fingerprint density at radius 2 is 2.00 bits per heavy atom. The molecule has 0 aliphatic heterocycles. The van der Waals surface area contributed by atoms with Gasteiger partial charge in [0.2, 0.25) is 0 Å². The van der Waals surface area contributed by atoms with Gasteiger partial charge in [-0.1, -0.05) is 30.3 Å². The summed E-state index contributed by atoms with van der Waals surface area (Å²) in [5, 5.41) is 0. The van der Waals surface area contributed by atoms with Gasteiger partial charge in [0.25, 0.3) is 0 Å². The van der Waals surface area contributed by atoms with Crippen LogP contribution in [0.25, 0.3) is 0 Å². The number of rotatable bonds is 1. The van der Waals surface area contributed by atoms with Crippen LogP contribution in [0.2, 0.25) is 0 Å². The second-order valence-electron chi connectivity index (χ2n) is 2.79. The van der Waals surface area contributed by atoms with Crippen molar-refractivity contribution in [1.82, 2.24) is 0 Å². The molecule has 1 atom stereocenters. The first-order valence-corrected chi connectivity index (χ1v) is 3.61. The van der Waals surface area contributed by atoms with E-state index in [1.165, 1.54) is 11.1 Å². The Hall–Kier alpha value is -1.04. The van der Waals surface area contributed by atoms with Crippen LogP contribution in [-0.4, -0.2) is 0 Å². The van der Waals surface area contributed by atoms with Crippen molar-refractivity contribution in [1.29, 1.82) is 0 Å². The lowest BCUT2D eigenvalue weighted by Gasteiger charge is -2.19. The normalized spacial score (nSPS) is 21.0. The smallest absolute Gasteiger partial charge is 0.00557 e. The lowest BCUT2D eigenvalue weighted by Crippen LogP contribution is -2.05. The van der Waals surface area contributed by atoms with Crippen LogP contribution in [0.1, 0.15) is 17.0 Å². The predicted octanol–water partition coefficient (Wildman–Crippen LogP) is 2.51. The molecule has 0 radical (unpaired) electrons. The molecule has 0 nitrogen and oxygen atoms in total. The summed E-state index contributed by atoms with van der Waals surface area (Å²) >= 11 is 0. The van der Waals surface area contributed by atoms with Gasteiger partial charge < -0.3 is 0 Å². The number of fused-ring (bicyclic) bond motifs is 3. The average Bonchev–Trinajstić information content (AvgIpc) is 2.06. The molecule has 2 aliphatic rings. The van der Waals surface area contributed by atoms with Crippen molar-refractivity contribution in [3.8, 4) is 0 Å². The van der Waals surface area contributed by atoms with Crippen LogP contribution in [0.5, 0.6) is 0 Å². The maximum atomic E-state index is 3.80. The minimum Gasteiger partial charge on any atom is -0.102 e. The zero-order valence-corrected chi connectivity index (χ0v) is 5.88. The number of hydrogen-bond acceptors (Lipinski definition) is 0. The summed E-state index contributed by atoms with van der Waals surface area (Å²) in [6, 6.07) is 8.75. The van der Waals surface area contributed by atoms with E-state index in [1.807, 2.05) is 6.08 Å². The summed E-state index contributed by atoms with van der Waals surface area (Å²) in [4.78, 5) is 0. The van der Waals surface area contributed by atoms with Crippen LogP contribution in [0.15, 0.2) is 36.9 Å². The summed E-state index contributed by atoms with van der Waals surface area (Å²) in [5.41, 5.74) is 2.84. The van der Waals surface area contributed by atoms with E-state index < -0.39 is 0 Å². The van der Waals surface area contributed by atoms with Crippen LogP contribution in [-0.2, 0) is 6.42 Å². The summed E-state index contributed by atoms with van der Waals surface area (Å²) in [7, 11) is 0. The summed E-state index contributed by atoms with van der Waals surface area (Å²) in [6.07, 6.45) is 3.19. The summed E-state index contributed by atoms with van der Waals surface area (Å²) in [6.45, 7) is 3.80. The molecule has 0 heteroatoms. The second kappa shape index (κ2) is 1.98. The van der Waals surface area contributed by atoms with Crippen molar-refractivity contribution in [2.24, 2.45) is 0 Å². The molecule has 0 amide bonds. The molecule has 0 aromatic heterocycles. The Labute approximate surface area is 61.2 Å². The molecular formula is C10H10. The fourth-order valence-electron chi connectivity index (χ4n) is 1.49. The zero-order chi connectivity index (χ0) is 6.97. The molecule has 0 spiro atoms. The van der Waals surface area contributed by atoms with Gasteiger partial charge in [0, 0.05) is 5.92 Å². The molecule has 3 rings (SSSR count). The minimum absolute atomic E-state index is 0.588. The lowest BCUT2D eigenvalue weighted by atomic mass is 9.86. The fourth-order valence-corrected chi connectivity index (χ4v) is 1.49. The molecule has 1 aromatic carbocycles. The second-order valence-corrected chi connectivity index (χ2v) is 2.79. The van der Waals surface area contributed by atoms with Crippen molar-refractivity contribution in [3.63, 3.8) is 0 Å². The maximum Gasteiger partial charge on any atom is 0.00557 e. The Kier molecular flexibility index (Phi) is 1.13. The minimum atomic E-state index is 0.588. The van der Waals surface area contributed by atoms with Crippen LogP contribution in [0.3, 0.4) is 0 Å². The first-order chi connectivity index (χ1) is 4.90. The molecule has 2 bridgehead atoms. The van der Waals surface area contributed by atoms with Crippen molar-refractivity contribution < 1.29 is 0 Å². The quantitative estimate of drug-likeness (QED) is 0.512. The molecule has 1 aromatic rings. The molecule has 2 aliphatic carbocycles. The highest BCUT2D eigenvalue weighted by Crippen LogP contribution is 2.27. The van der Waals surface area contributed by atoms with Gasteiger partial charge in [-0.05, 0) is 17.5 Å². The molecule has 0 saturated carbocycles. The van der Waals surface area contributed by atoms with Gasteiger partial charge in [0.05, 0.1) is 0 Å². The molecule has 10 heavy (non-hydrogen) atoms. The zero-order valence-electron chi connectivity index (χ0n) is 5.88. The van der Waals surface area contributed by atoms with Gasteiger partial charge in [-0.15, -0.1) is 6.58 Å². The average molecular weight is 130 g/mol. The highest BCUT2D eigenvalue weighted by atomic mass is 14.2. The number of benzene rings is 1. The first-order valence-electron chi connectivity index (χ1n) is 3.61. The van der Waals surface area contributed by atoms with Gasteiger partial charge in [-0.3, -0.25) is 0 Å². The van der Waals surface area contributed by atoms with E-state index in [-0.39, 0.29) is 0 Å². The van der Waals surface area contributed by atoms with Crippen molar-refractivity contribution >= 4 is 0 Å². The van der Waals surface area contributed by atoms with Crippen molar-refractivity contribution in [3.05, 3.63) is 48.0 Å². The van der Waals surface area contributed by atoms with E-state index in [0.717, 1.165) is 6.42 Å². The maximum absolute atomic E-state index is 3.80. The van der Waals surface area contributed by atoms with E-state index in [1.54, 1.807) is 0 Å². The van der Waals surface area contributed by atoms with Crippen LogP contribution in [0, 0.1) is 0 Å². The first kappa shape index (κ1) is 5.72. The van der Waals surface area contributed by atoms with Gasteiger partial charge >= 0.3 is 0 Å². The fraction of sp³-hybridized carbons (Fsp3) is 0.200. The third kappa shape index (κ3) is 0.688. The summed E-state index contributed by atoms with van der Waals surface area (Å²) in [5.74, 6) is 0.588. The van der Waals surface area contributed by atoms with E-state index in [9.17, 15) is 0 Å². The Bertz CT molecular complexity index is 243. The molecular weight excluding hydrogens is 120 g/mol. The SMILES string of the molecule is C=CC1Cc2ccc1cc2. The highest BCUT2D eigenvalue weighted by Gasteiger charge is 2.13. The summed E-state index contributed by atoms with van der Waals surface area (Å²) < 4.78 is 0. The third-order valence-electron chi connectivity index (χ3n) is 2.15. The molecule has 0 fully saturated rings. The van der Waals surface area contributed by atoms with Crippen molar-refractivity contribution in [2.75, 3.05) is 0 Å². The van der Waals surface area contributed by atoms with Gasteiger partial charge in [-0.25, -0.2) is 0 Å². The molecule has 0 saturated heterocycles. The monoisotopic (exact) mass is 130 g/mol. The molecule has 50 valence electrons. The molecule has 1 unspecified atom stereocenters. The van der Waals surface area contributed by atoms with E-state index in [2.05, 4.69) is 30.8 Å². The van der Waals surface area contributed by atoms with Gasteiger partial charge in [0.1, 0.15) is 0 Å².